The number of benzene rings is 2. The second kappa shape index (κ2) is 8.67. The Labute approximate surface area is 165 Å². The van der Waals surface area contributed by atoms with Crippen LogP contribution in [0, 0.1) is 5.82 Å². The molecule has 0 saturated carbocycles. The van der Waals surface area contributed by atoms with Crippen LogP contribution in [0.2, 0.25) is 0 Å². The van der Waals surface area contributed by atoms with Gasteiger partial charge < -0.3 is 4.90 Å². The van der Waals surface area contributed by atoms with Gasteiger partial charge in [-0.15, -0.1) is 0 Å². The van der Waals surface area contributed by atoms with E-state index < -0.39 is 15.8 Å². The van der Waals surface area contributed by atoms with Gasteiger partial charge in [0.2, 0.25) is 15.9 Å². The molecule has 1 saturated heterocycles. The van der Waals surface area contributed by atoms with Crippen LogP contribution >= 0.6 is 0 Å². The van der Waals surface area contributed by atoms with E-state index >= 15 is 0 Å². The predicted molar refractivity (Wildman–Crippen MR) is 107 cm³/mol. The van der Waals surface area contributed by atoms with Crippen molar-refractivity contribution in [3.8, 4) is 0 Å². The second-order valence-electron chi connectivity index (χ2n) is 6.59. The third-order valence-corrected chi connectivity index (χ3v) is 6.74. The largest absolute Gasteiger partial charge is 0.337 e. The molecule has 1 amide bonds. The molecule has 5 nitrogen and oxygen atoms in total. The first-order valence-corrected chi connectivity index (χ1v) is 10.7. The number of carbonyl (C=O) groups is 1. The summed E-state index contributed by atoms with van der Waals surface area (Å²) in [6, 6.07) is 13.3. The minimum Gasteiger partial charge on any atom is -0.337 e. The number of piperazine rings is 1. The molecule has 0 aliphatic carbocycles. The summed E-state index contributed by atoms with van der Waals surface area (Å²) in [5.41, 5.74) is 2.17. The van der Waals surface area contributed by atoms with Crippen LogP contribution in [0.15, 0.2) is 59.5 Å². The normalized spacial score (nSPS) is 15.9. The molecule has 0 aromatic heterocycles. The van der Waals surface area contributed by atoms with Crippen molar-refractivity contribution in [3.63, 3.8) is 0 Å². The monoisotopic (exact) mass is 402 g/mol. The zero-order chi connectivity index (χ0) is 20.1. The van der Waals surface area contributed by atoms with Gasteiger partial charge in [-0.2, -0.15) is 4.31 Å². The van der Waals surface area contributed by atoms with Crippen LogP contribution in [-0.2, 0) is 21.2 Å². The highest BCUT2D eigenvalue weighted by molar-refractivity contribution is 7.89. The summed E-state index contributed by atoms with van der Waals surface area (Å²) in [7, 11) is -3.90. The van der Waals surface area contributed by atoms with E-state index in [2.05, 4.69) is 6.92 Å². The predicted octanol–water partition coefficient (Wildman–Crippen LogP) is 2.93. The first-order valence-electron chi connectivity index (χ1n) is 9.22. The van der Waals surface area contributed by atoms with Crippen LogP contribution in [0.1, 0.15) is 18.1 Å². The van der Waals surface area contributed by atoms with Crippen molar-refractivity contribution >= 4 is 22.0 Å². The highest BCUT2D eigenvalue weighted by atomic mass is 32.2. The van der Waals surface area contributed by atoms with Gasteiger partial charge in [0.25, 0.3) is 0 Å². The van der Waals surface area contributed by atoms with Crippen molar-refractivity contribution in [1.29, 1.82) is 0 Å². The first-order chi connectivity index (χ1) is 13.4. The standard InChI is InChI=1S/C21H23FN2O3S/c1-2-17-7-9-18(10-8-17)11-12-21(25)23-13-15-24(16-14-23)28(26,27)20-6-4-3-5-19(20)22/h3-12H,2,13-16H2,1H3/b12-11+. The Hall–Kier alpha value is -2.51. The molecule has 1 aliphatic rings. The highest BCUT2D eigenvalue weighted by Crippen LogP contribution is 2.20. The fourth-order valence-corrected chi connectivity index (χ4v) is 4.57. The SMILES string of the molecule is CCc1ccc(/C=C/C(=O)N2CCN(S(=O)(=O)c3ccccc3F)CC2)cc1. The third-order valence-electron chi connectivity index (χ3n) is 4.81. The Balaban J connectivity index is 1.60. The topological polar surface area (TPSA) is 57.7 Å². The molecule has 0 unspecified atom stereocenters. The van der Waals surface area contributed by atoms with Gasteiger partial charge in [0.15, 0.2) is 0 Å². The Morgan fingerprint density at radius 3 is 2.29 bits per heavy atom. The molecule has 2 aromatic carbocycles. The fourth-order valence-electron chi connectivity index (χ4n) is 3.08. The van der Waals surface area contributed by atoms with Crippen molar-refractivity contribution in [2.75, 3.05) is 26.2 Å². The highest BCUT2D eigenvalue weighted by Gasteiger charge is 2.31. The number of aryl methyl sites for hydroxylation is 1. The molecule has 28 heavy (non-hydrogen) atoms. The smallest absolute Gasteiger partial charge is 0.246 e. The van der Waals surface area contributed by atoms with E-state index in [9.17, 15) is 17.6 Å². The van der Waals surface area contributed by atoms with Crippen molar-refractivity contribution < 1.29 is 17.6 Å². The number of carbonyl (C=O) groups excluding carboxylic acids is 1. The van der Waals surface area contributed by atoms with Gasteiger partial charge in [-0.3, -0.25) is 4.79 Å². The van der Waals surface area contributed by atoms with Gasteiger partial charge in [-0.1, -0.05) is 43.3 Å². The lowest BCUT2D eigenvalue weighted by Gasteiger charge is -2.33. The Bertz CT molecular complexity index is 963. The summed E-state index contributed by atoms with van der Waals surface area (Å²) < 4.78 is 40.3. The Kier molecular flexibility index (Phi) is 6.26. The van der Waals surface area contributed by atoms with Crippen LogP contribution < -0.4 is 0 Å². The number of rotatable bonds is 5. The van der Waals surface area contributed by atoms with Crippen LogP contribution in [0.3, 0.4) is 0 Å². The molecule has 0 radical (unpaired) electrons. The van der Waals surface area contributed by atoms with Gasteiger partial charge in [0, 0.05) is 32.3 Å². The van der Waals surface area contributed by atoms with Gasteiger partial charge in [0.05, 0.1) is 0 Å². The summed E-state index contributed by atoms with van der Waals surface area (Å²) in [5.74, 6) is -0.930. The Morgan fingerprint density at radius 1 is 1.04 bits per heavy atom. The molecule has 0 atom stereocenters. The van der Waals surface area contributed by atoms with Gasteiger partial charge in [0.1, 0.15) is 10.7 Å². The number of nitrogens with zero attached hydrogens (tertiary/aromatic N) is 2. The third kappa shape index (κ3) is 4.48. The van der Waals surface area contributed by atoms with Crippen molar-refractivity contribution in [1.82, 2.24) is 9.21 Å². The van der Waals surface area contributed by atoms with E-state index in [1.54, 1.807) is 11.0 Å². The van der Waals surface area contributed by atoms with E-state index in [1.165, 1.54) is 34.1 Å². The average molecular weight is 402 g/mol. The van der Waals surface area contributed by atoms with Crippen LogP contribution in [0.25, 0.3) is 6.08 Å². The summed E-state index contributed by atoms with van der Waals surface area (Å²) in [4.78, 5) is 13.7. The number of hydrogen-bond donors (Lipinski definition) is 0. The summed E-state index contributed by atoms with van der Waals surface area (Å²) >= 11 is 0. The van der Waals surface area contributed by atoms with E-state index in [-0.39, 0.29) is 37.0 Å². The molecule has 148 valence electrons. The van der Waals surface area contributed by atoms with Crippen LogP contribution in [0.4, 0.5) is 4.39 Å². The molecule has 1 fully saturated rings. The van der Waals surface area contributed by atoms with Gasteiger partial charge >= 0.3 is 0 Å². The minimum atomic E-state index is -3.90. The molecule has 7 heteroatoms. The minimum absolute atomic E-state index is 0.140. The van der Waals surface area contributed by atoms with E-state index in [0.717, 1.165) is 18.1 Å². The lowest BCUT2D eigenvalue weighted by atomic mass is 10.1. The van der Waals surface area contributed by atoms with E-state index in [4.69, 9.17) is 0 Å². The van der Waals surface area contributed by atoms with E-state index in [0.29, 0.717) is 0 Å². The quantitative estimate of drug-likeness (QED) is 0.723. The molecule has 3 rings (SSSR count). The molecule has 0 spiro atoms. The maximum Gasteiger partial charge on any atom is 0.246 e. The molecular weight excluding hydrogens is 379 g/mol. The molecule has 1 heterocycles. The molecule has 0 bridgehead atoms. The van der Waals surface area contributed by atoms with Gasteiger partial charge in [-0.25, -0.2) is 12.8 Å². The molecular formula is C21H23FN2O3S. The average Bonchev–Trinajstić information content (AvgIpc) is 2.72. The summed E-state index contributed by atoms with van der Waals surface area (Å²) in [6.45, 7) is 2.90. The lowest BCUT2D eigenvalue weighted by molar-refractivity contribution is -0.127. The lowest BCUT2D eigenvalue weighted by Crippen LogP contribution is -2.50. The zero-order valence-corrected chi connectivity index (χ0v) is 16.5. The maximum absolute atomic E-state index is 13.9. The van der Waals surface area contributed by atoms with E-state index in [1.807, 2.05) is 24.3 Å². The number of amides is 1. The maximum atomic E-state index is 13.9. The molecule has 1 aliphatic heterocycles. The van der Waals surface area contributed by atoms with Gasteiger partial charge in [-0.05, 0) is 35.8 Å². The second-order valence-corrected chi connectivity index (χ2v) is 8.49. The van der Waals surface area contributed by atoms with Crippen molar-refractivity contribution in [3.05, 3.63) is 71.6 Å². The molecule has 2 aromatic rings. The number of hydrogen-bond acceptors (Lipinski definition) is 3. The zero-order valence-electron chi connectivity index (χ0n) is 15.7. The molecule has 0 N–H and O–H groups in total. The fraction of sp³-hybridized carbons (Fsp3) is 0.286. The summed E-state index contributed by atoms with van der Waals surface area (Å²) in [6.07, 6.45) is 4.22. The number of sulfonamides is 1. The first kappa shape index (κ1) is 20.2. The Morgan fingerprint density at radius 2 is 1.68 bits per heavy atom. The number of halogens is 1. The van der Waals surface area contributed by atoms with Crippen LogP contribution in [-0.4, -0.2) is 49.7 Å². The van der Waals surface area contributed by atoms with Crippen LogP contribution in [0.5, 0.6) is 0 Å². The summed E-state index contributed by atoms with van der Waals surface area (Å²) in [5, 5.41) is 0. The van der Waals surface area contributed by atoms with Crippen molar-refractivity contribution in [2.24, 2.45) is 0 Å². The van der Waals surface area contributed by atoms with Crippen molar-refractivity contribution in [2.45, 2.75) is 18.2 Å².